The summed E-state index contributed by atoms with van der Waals surface area (Å²) in [7, 11) is 1.94. The second-order valence-electron chi connectivity index (χ2n) is 4.32. The van der Waals surface area contributed by atoms with E-state index in [0.29, 0.717) is 10.6 Å². The van der Waals surface area contributed by atoms with Gasteiger partial charge in [-0.1, -0.05) is 23.7 Å². The SMILES string of the molecule is Cn1c(-c2cccc(Cl)c2)nc2ccc(C#N)cc21. The van der Waals surface area contributed by atoms with Gasteiger partial charge in [0.2, 0.25) is 0 Å². The van der Waals surface area contributed by atoms with Gasteiger partial charge in [0.25, 0.3) is 0 Å². The minimum atomic E-state index is 0.633. The summed E-state index contributed by atoms with van der Waals surface area (Å²) < 4.78 is 1.97. The predicted octanol–water partition coefficient (Wildman–Crippen LogP) is 3.77. The van der Waals surface area contributed by atoms with Crippen molar-refractivity contribution in [1.82, 2.24) is 9.55 Å². The number of hydrogen-bond acceptors (Lipinski definition) is 2. The Morgan fingerprint density at radius 1 is 1.21 bits per heavy atom. The van der Waals surface area contributed by atoms with Gasteiger partial charge in [0.05, 0.1) is 22.7 Å². The number of hydrogen-bond donors (Lipinski definition) is 0. The van der Waals surface area contributed by atoms with Gasteiger partial charge in [-0.05, 0) is 30.3 Å². The van der Waals surface area contributed by atoms with Crippen molar-refractivity contribution in [3.8, 4) is 17.5 Å². The monoisotopic (exact) mass is 267 g/mol. The van der Waals surface area contributed by atoms with Crippen LogP contribution in [0.3, 0.4) is 0 Å². The molecule has 0 atom stereocenters. The first-order valence-electron chi connectivity index (χ1n) is 5.81. The molecule has 0 bridgehead atoms. The van der Waals surface area contributed by atoms with Crippen LogP contribution in [0.15, 0.2) is 42.5 Å². The maximum atomic E-state index is 8.95. The molecule has 3 rings (SSSR count). The minimum Gasteiger partial charge on any atom is -0.327 e. The third-order valence-corrected chi connectivity index (χ3v) is 3.33. The summed E-state index contributed by atoms with van der Waals surface area (Å²) in [5.74, 6) is 0.840. The summed E-state index contributed by atoms with van der Waals surface area (Å²) in [6.45, 7) is 0. The molecule has 0 fully saturated rings. The maximum Gasteiger partial charge on any atom is 0.140 e. The minimum absolute atomic E-state index is 0.633. The van der Waals surface area contributed by atoms with Crippen LogP contribution in [-0.4, -0.2) is 9.55 Å². The Morgan fingerprint density at radius 2 is 2.05 bits per heavy atom. The Kier molecular flexibility index (Phi) is 2.73. The highest BCUT2D eigenvalue weighted by atomic mass is 35.5. The Labute approximate surface area is 115 Å². The van der Waals surface area contributed by atoms with Crippen molar-refractivity contribution >= 4 is 22.6 Å². The maximum absolute atomic E-state index is 8.95. The predicted molar refractivity (Wildman–Crippen MR) is 75.9 cm³/mol. The summed E-state index contributed by atoms with van der Waals surface area (Å²) in [5, 5.41) is 9.63. The van der Waals surface area contributed by atoms with Crippen LogP contribution in [0.2, 0.25) is 5.02 Å². The van der Waals surface area contributed by atoms with Gasteiger partial charge in [-0.2, -0.15) is 5.26 Å². The molecule has 0 saturated heterocycles. The lowest BCUT2D eigenvalue weighted by Gasteiger charge is -2.02. The fraction of sp³-hybridized carbons (Fsp3) is 0.0667. The van der Waals surface area contributed by atoms with E-state index in [1.54, 1.807) is 6.07 Å². The summed E-state index contributed by atoms with van der Waals surface area (Å²) in [6.07, 6.45) is 0. The number of rotatable bonds is 1. The summed E-state index contributed by atoms with van der Waals surface area (Å²) in [4.78, 5) is 4.59. The molecule has 0 aliphatic rings. The fourth-order valence-corrected chi connectivity index (χ4v) is 2.34. The highest BCUT2D eigenvalue weighted by Crippen LogP contribution is 2.26. The lowest BCUT2D eigenvalue weighted by atomic mass is 10.2. The molecule has 92 valence electrons. The number of imidazole rings is 1. The standard InChI is InChI=1S/C15H10ClN3/c1-19-14-7-10(9-17)5-6-13(14)18-15(19)11-3-2-4-12(16)8-11/h2-8H,1H3. The number of benzene rings is 2. The van der Waals surface area contributed by atoms with Crippen molar-refractivity contribution in [2.75, 3.05) is 0 Å². The first kappa shape index (κ1) is 11.8. The second-order valence-corrected chi connectivity index (χ2v) is 4.76. The fourth-order valence-electron chi connectivity index (χ4n) is 2.15. The molecule has 19 heavy (non-hydrogen) atoms. The van der Waals surface area contributed by atoms with Gasteiger partial charge in [0, 0.05) is 17.6 Å². The van der Waals surface area contributed by atoms with Crippen LogP contribution >= 0.6 is 11.6 Å². The number of nitriles is 1. The molecule has 0 amide bonds. The molecule has 0 radical (unpaired) electrons. The van der Waals surface area contributed by atoms with Gasteiger partial charge < -0.3 is 4.57 Å². The van der Waals surface area contributed by atoms with Gasteiger partial charge in [-0.3, -0.25) is 0 Å². The summed E-state index contributed by atoms with van der Waals surface area (Å²) >= 11 is 6.01. The molecule has 0 aliphatic heterocycles. The van der Waals surface area contributed by atoms with Crippen LogP contribution < -0.4 is 0 Å². The zero-order valence-electron chi connectivity index (χ0n) is 10.3. The molecular formula is C15H10ClN3. The van der Waals surface area contributed by atoms with E-state index in [2.05, 4.69) is 11.1 Å². The third-order valence-electron chi connectivity index (χ3n) is 3.09. The molecule has 4 heteroatoms. The van der Waals surface area contributed by atoms with E-state index in [0.717, 1.165) is 22.4 Å². The summed E-state index contributed by atoms with van der Waals surface area (Å²) in [5.41, 5.74) is 3.41. The largest absolute Gasteiger partial charge is 0.327 e. The first-order chi connectivity index (χ1) is 9.19. The van der Waals surface area contributed by atoms with Gasteiger partial charge in [-0.25, -0.2) is 4.98 Å². The Hall–Kier alpha value is -2.31. The molecule has 2 aromatic carbocycles. The van der Waals surface area contributed by atoms with Gasteiger partial charge in [0.1, 0.15) is 5.82 Å². The van der Waals surface area contributed by atoms with Crippen LogP contribution in [0.25, 0.3) is 22.4 Å². The van der Waals surface area contributed by atoms with Crippen LogP contribution in [0.5, 0.6) is 0 Å². The van der Waals surface area contributed by atoms with E-state index < -0.39 is 0 Å². The quantitative estimate of drug-likeness (QED) is 0.673. The van der Waals surface area contributed by atoms with Crippen molar-refractivity contribution in [2.24, 2.45) is 7.05 Å². The molecule has 1 aromatic heterocycles. The first-order valence-corrected chi connectivity index (χ1v) is 6.19. The molecule has 3 nitrogen and oxygen atoms in total. The van der Waals surface area contributed by atoms with E-state index >= 15 is 0 Å². The molecular weight excluding hydrogens is 258 g/mol. The third kappa shape index (κ3) is 1.96. The molecule has 0 aliphatic carbocycles. The zero-order chi connectivity index (χ0) is 13.4. The highest BCUT2D eigenvalue weighted by Gasteiger charge is 2.10. The van der Waals surface area contributed by atoms with Crippen LogP contribution in [0, 0.1) is 11.3 Å². The van der Waals surface area contributed by atoms with E-state index in [1.807, 2.05) is 48.0 Å². The van der Waals surface area contributed by atoms with Crippen LogP contribution in [-0.2, 0) is 7.05 Å². The molecule has 0 saturated carbocycles. The van der Waals surface area contributed by atoms with Crippen molar-refractivity contribution in [1.29, 1.82) is 5.26 Å². The highest BCUT2D eigenvalue weighted by molar-refractivity contribution is 6.30. The van der Waals surface area contributed by atoms with Gasteiger partial charge >= 0.3 is 0 Å². The Morgan fingerprint density at radius 3 is 2.79 bits per heavy atom. The normalized spacial score (nSPS) is 10.6. The van der Waals surface area contributed by atoms with Gasteiger partial charge in [-0.15, -0.1) is 0 Å². The smallest absolute Gasteiger partial charge is 0.140 e. The van der Waals surface area contributed by atoms with Crippen LogP contribution in [0.1, 0.15) is 5.56 Å². The molecule has 3 aromatic rings. The number of aromatic nitrogens is 2. The Bertz CT molecular complexity index is 812. The average molecular weight is 268 g/mol. The van der Waals surface area contributed by atoms with Crippen molar-refractivity contribution in [3.63, 3.8) is 0 Å². The lowest BCUT2D eigenvalue weighted by Crippen LogP contribution is -1.92. The van der Waals surface area contributed by atoms with E-state index in [1.165, 1.54) is 0 Å². The topological polar surface area (TPSA) is 41.6 Å². The number of fused-ring (bicyclic) bond motifs is 1. The molecule has 0 N–H and O–H groups in total. The van der Waals surface area contributed by atoms with Crippen LogP contribution in [0.4, 0.5) is 0 Å². The molecule has 1 heterocycles. The zero-order valence-corrected chi connectivity index (χ0v) is 11.0. The van der Waals surface area contributed by atoms with Crippen molar-refractivity contribution in [2.45, 2.75) is 0 Å². The second kappa shape index (κ2) is 4.42. The number of aryl methyl sites for hydroxylation is 1. The number of halogens is 1. The summed E-state index contributed by atoms with van der Waals surface area (Å²) in [6, 6.07) is 15.2. The Balaban J connectivity index is 2.26. The van der Waals surface area contributed by atoms with E-state index in [4.69, 9.17) is 16.9 Å². The average Bonchev–Trinajstić information content (AvgIpc) is 2.76. The molecule has 0 unspecified atom stereocenters. The lowest BCUT2D eigenvalue weighted by molar-refractivity contribution is 0.959. The number of nitrogens with zero attached hydrogens (tertiary/aromatic N) is 3. The van der Waals surface area contributed by atoms with E-state index in [9.17, 15) is 0 Å². The van der Waals surface area contributed by atoms with Gasteiger partial charge in [0.15, 0.2) is 0 Å². The van der Waals surface area contributed by atoms with Crippen molar-refractivity contribution < 1.29 is 0 Å². The molecule has 0 spiro atoms. The van der Waals surface area contributed by atoms with E-state index in [-0.39, 0.29) is 0 Å². The van der Waals surface area contributed by atoms with Crippen molar-refractivity contribution in [3.05, 3.63) is 53.1 Å².